The summed E-state index contributed by atoms with van der Waals surface area (Å²) in [6.07, 6.45) is 4.78. The van der Waals surface area contributed by atoms with Crippen LogP contribution in [-0.2, 0) is 9.53 Å². The van der Waals surface area contributed by atoms with Crippen molar-refractivity contribution >= 4 is 5.97 Å². The first-order valence-corrected chi connectivity index (χ1v) is 6.69. The zero-order chi connectivity index (χ0) is 12.7. The highest BCUT2D eigenvalue weighted by molar-refractivity contribution is 5.79. The maximum absolute atomic E-state index is 11.5. The molecule has 0 heterocycles. The largest absolute Gasteiger partial charge is 0.480 e. The van der Waals surface area contributed by atoms with Crippen molar-refractivity contribution in [3.8, 4) is 0 Å². The molecular weight excluding hydrogens is 218 g/mol. The molecule has 0 aliphatic heterocycles. The topological polar surface area (TPSA) is 58.6 Å². The SMILES string of the molecule is CCOCCCNC1(C(=O)O)CCCCC1C. The van der Waals surface area contributed by atoms with Crippen molar-refractivity contribution in [2.24, 2.45) is 5.92 Å². The normalized spacial score (nSPS) is 29.2. The molecule has 0 aromatic carbocycles. The smallest absolute Gasteiger partial charge is 0.324 e. The monoisotopic (exact) mass is 243 g/mol. The fourth-order valence-corrected chi connectivity index (χ4v) is 2.63. The zero-order valence-electron chi connectivity index (χ0n) is 11.0. The summed E-state index contributed by atoms with van der Waals surface area (Å²) in [5.41, 5.74) is -0.704. The Morgan fingerprint density at radius 2 is 2.29 bits per heavy atom. The highest BCUT2D eigenvalue weighted by Gasteiger charge is 2.44. The number of carboxylic acid groups (broad SMARTS) is 1. The van der Waals surface area contributed by atoms with Crippen LogP contribution in [0.3, 0.4) is 0 Å². The Balaban J connectivity index is 2.44. The predicted molar refractivity (Wildman–Crippen MR) is 67.1 cm³/mol. The molecule has 0 amide bonds. The van der Waals surface area contributed by atoms with Gasteiger partial charge in [0.25, 0.3) is 0 Å². The lowest BCUT2D eigenvalue weighted by Crippen LogP contribution is -2.58. The van der Waals surface area contributed by atoms with Crippen LogP contribution in [0.1, 0.15) is 46.0 Å². The minimum absolute atomic E-state index is 0.209. The quantitative estimate of drug-likeness (QED) is 0.672. The molecule has 1 rings (SSSR count). The molecule has 0 aromatic rings. The molecule has 2 atom stereocenters. The molecule has 4 heteroatoms. The molecule has 0 radical (unpaired) electrons. The molecule has 0 bridgehead atoms. The van der Waals surface area contributed by atoms with Crippen LogP contribution in [-0.4, -0.2) is 36.4 Å². The van der Waals surface area contributed by atoms with Gasteiger partial charge in [0.1, 0.15) is 5.54 Å². The Morgan fingerprint density at radius 1 is 1.53 bits per heavy atom. The van der Waals surface area contributed by atoms with Gasteiger partial charge in [-0.1, -0.05) is 19.8 Å². The molecule has 17 heavy (non-hydrogen) atoms. The van der Waals surface area contributed by atoms with Crippen molar-refractivity contribution < 1.29 is 14.6 Å². The molecule has 100 valence electrons. The van der Waals surface area contributed by atoms with Crippen molar-refractivity contribution in [2.45, 2.75) is 51.5 Å². The first kappa shape index (κ1) is 14.5. The van der Waals surface area contributed by atoms with E-state index < -0.39 is 11.5 Å². The van der Waals surface area contributed by atoms with Crippen LogP contribution in [0, 0.1) is 5.92 Å². The number of ether oxygens (including phenoxy) is 1. The molecule has 1 saturated carbocycles. The van der Waals surface area contributed by atoms with Gasteiger partial charge < -0.3 is 15.2 Å². The van der Waals surface area contributed by atoms with Gasteiger partial charge in [0.15, 0.2) is 0 Å². The van der Waals surface area contributed by atoms with Crippen molar-refractivity contribution in [3.05, 3.63) is 0 Å². The summed E-state index contributed by atoms with van der Waals surface area (Å²) in [5, 5.41) is 12.7. The van der Waals surface area contributed by atoms with Gasteiger partial charge in [0, 0.05) is 13.2 Å². The van der Waals surface area contributed by atoms with Crippen molar-refractivity contribution in [1.82, 2.24) is 5.32 Å². The van der Waals surface area contributed by atoms with E-state index in [1.807, 2.05) is 13.8 Å². The Hall–Kier alpha value is -0.610. The lowest BCUT2D eigenvalue weighted by molar-refractivity contribution is -0.149. The standard InChI is InChI=1S/C13H25NO3/c1-3-17-10-6-9-14-13(12(15)16)8-5-4-7-11(13)2/h11,14H,3-10H2,1-2H3,(H,15,16). The Morgan fingerprint density at radius 3 is 2.88 bits per heavy atom. The van der Waals surface area contributed by atoms with Crippen molar-refractivity contribution in [1.29, 1.82) is 0 Å². The molecule has 1 aliphatic carbocycles. The first-order valence-electron chi connectivity index (χ1n) is 6.69. The van der Waals surface area contributed by atoms with E-state index in [9.17, 15) is 9.90 Å². The first-order chi connectivity index (χ1) is 8.13. The van der Waals surface area contributed by atoms with Gasteiger partial charge in [-0.3, -0.25) is 4.79 Å². The Kier molecular flexibility index (Phi) is 5.92. The van der Waals surface area contributed by atoms with Gasteiger partial charge in [0.05, 0.1) is 0 Å². The fraction of sp³-hybridized carbons (Fsp3) is 0.923. The second kappa shape index (κ2) is 6.97. The molecule has 4 nitrogen and oxygen atoms in total. The number of aliphatic carboxylic acids is 1. The van der Waals surface area contributed by atoms with E-state index in [2.05, 4.69) is 5.32 Å². The lowest BCUT2D eigenvalue weighted by Gasteiger charge is -2.39. The van der Waals surface area contributed by atoms with Gasteiger partial charge in [-0.2, -0.15) is 0 Å². The van der Waals surface area contributed by atoms with Crippen LogP contribution in [0.15, 0.2) is 0 Å². The van der Waals surface area contributed by atoms with E-state index >= 15 is 0 Å². The van der Waals surface area contributed by atoms with Crippen molar-refractivity contribution in [2.75, 3.05) is 19.8 Å². The summed E-state index contributed by atoms with van der Waals surface area (Å²) in [5.74, 6) is -0.484. The van der Waals surface area contributed by atoms with E-state index in [1.165, 1.54) is 0 Å². The highest BCUT2D eigenvalue weighted by Crippen LogP contribution is 2.33. The maximum atomic E-state index is 11.5. The van der Waals surface area contributed by atoms with E-state index in [0.717, 1.165) is 45.3 Å². The molecule has 2 N–H and O–H groups in total. The van der Waals surface area contributed by atoms with Gasteiger partial charge in [0.2, 0.25) is 0 Å². The van der Waals surface area contributed by atoms with Gasteiger partial charge in [-0.15, -0.1) is 0 Å². The highest BCUT2D eigenvalue weighted by atomic mass is 16.5. The average molecular weight is 243 g/mol. The van der Waals surface area contributed by atoms with E-state index in [4.69, 9.17) is 4.74 Å². The predicted octanol–water partition coefficient (Wildman–Crippen LogP) is 2.04. The lowest BCUT2D eigenvalue weighted by atomic mass is 9.73. The summed E-state index contributed by atoms with van der Waals surface area (Å²) in [6.45, 7) is 6.16. The Labute approximate surface area is 104 Å². The molecular formula is C13H25NO3. The molecule has 1 aliphatic rings. The minimum atomic E-state index is -0.704. The zero-order valence-corrected chi connectivity index (χ0v) is 11.0. The number of hydrogen-bond donors (Lipinski definition) is 2. The van der Waals surface area contributed by atoms with E-state index in [-0.39, 0.29) is 5.92 Å². The number of carboxylic acids is 1. The summed E-state index contributed by atoms with van der Waals surface area (Å²) in [7, 11) is 0. The summed E-state index contributed by atoms with van der Waals surface area (Å²) >= 11 is 0. The van der Waals surface area contributed by atoms with Gasteiger partial charge >= 0.3 is 5.97 Å². The fourth-order valence-electron chi connectivity index (χ4n) is 2.63. The van der Waals surface area contributed by atoms with Crippen LogP contribution >= 0.6 is 0 Å². The second-order valence-electron chi connectivity index (χ2n) is 4.90. The second-order valence-corrected chi connectivity index (χ2v) is 4.90. The molecule has 0 spiro atoms. The summed E-state index contributed by atoms with van der Waals surface area (Å²) in [4.78, 5) is 11.5. The van der Waals surface area contributed by atoms with Crippen molar-refractivity contribution in [3.63, 3.8) is 0 Å². The summed E-state index contributed by atoms with van der Waals surface area (Å²) < 4.78 is 5.26. The number of nitrogens with one attached hydrogen (secondary N) is 1. The van der Waals surface area contributed by atoms with Gasteiger partial charge in [-0.25, -0.2) is 0 Å². The van der Waals surface area contributed by atoms with Crippen LogP contribution in [0.25, 0.3) is 0 Å². The third-order valence-corrected chi connectivity index (χ3v) is 3.79. The van der Waals surface area contributed by atoms with E-state index in [0.29, 0.717) is 6.61 Å². The van der Waals surface area contributed by atoms with Crippen LogP contribution in [0.4, 0.5) is 0 Å². The molecule has 0 aromatic heterocycles. The Bertz CT molecular complexity index is 245. The summed E-state index contributed by atoms with van der Waals surface area (Å²) in [6, 6.07) is 0. The van der Waals surface area contributed by atoms with Crippen LogP contribution in [0.2, 0.25) is 0 Å². The number of rotatable bonds is 7. The van der Waals surface area contributed by atoms with Crippen LogP contribution < -0.4 is 5.32 Å². The number of carbonyl (C=O) groups is 1. The van der Waals surface area contributed by atoms with Gasteiger partial charge in [-0.05, 0) is 38.6 Å². The molecule has 0 saturated heterocycles. The third kappa shape index (κ3) is 3.68. The average Bonchev–Trinajstić information content (AvgIpc) is 2.31. The maximum Gasteiger partial charge on any atom is 0.324 e. The third-order valence-electron chi connectivity index (χ3n) is 3.79. The number of hydrogen-bond acceptors (Lipinski definition) is 3. The minimum Gasteiger partial charge on any atom is -0.480 e. The molecule has 2 unspecified atom stereocenters. The van der Waals surface area contributed by atoms with Crippen LogP contribution in [0.5, 0.6) is 0 Å². The van der Waals surface area contributed by atoms with E-state index in [1.54, 1.807) is 0 Å². The molecule has 1 fully saturated rings.